The van der Waals surface area contributed by atoms with Gasteiger partial charge in [-0.05, 0) is 59.9 Å². The van der Waals surface area contributed by atoms with Crippen molar-refractivity contribution in [1.29, 1.82) is 0 Å². The van der Waals surface area contributed by atoms with Crippen LogP contribution in [0.2, 0.25) is 0 Å². The Labute approximate surface area is 198 Å². The fourth-order valence-electron chi connectivity index (χ4n) is 4.80. The zero-order valence-electron chi connectivity index (χ0n) is 19.1. The van der Waals surface area contributed by atoms with Gasteiger partial charge in [0.25, 0.3) is 0 Å². The van der Waals surface area contributed by atoms with Crippen LogP contribution < -0.4 is 15.4 Å². The summed E-state index contributed by atoms with van der Waals surface area (Å²) in [7, 11) is 3.01. The number of benzene rings is 3. The van der Waals surface area contributed by atoms with Crippen LogP contribution in [0.15, 0.2) is 84.1 Å². The van der Waals surface area contributed by atoms with E-state index in [2.05, 4.69) is 16.7 Å². The van der Waals surface area contributed by atoms with Crippen molar-refractivity contribution in [2.45, 2.75) is 24.8 Å². The van der Waals surface area contributed by atoms with Gasteiger partial charge in [-0.1, -0.05) is 36.4 Å². The lowest BCUT2D eigenvalue weighted by Gasteiger charge is -2.30. The third kappa shape index (κ3) is 4.03. The highest BCUT2D eigenvalue weighted by Gasteiger charge is 2.36. The number of para-hydroxylation sites is 2. The second-order valence-electron chi connectivity index (χ2n) is 8.56. The average Bonchev–Trinajstić information content (AvgIpc) is 3.05. The second-order valence-corrected chi connectivity index (χ2v) is 8.56. The van der Waals surface area contributed by atoms with Crippen LogP contribution >= 0.6 is 0 Å². The lowest BCUT2D eigenvalue weighted by Crippen LogP contribution is -2.27. The van der Waals surface area contributed by atoms with Crippen LogP contribution in [0.1, 0.15) is 46.3 Å². The number of carbonyl (C=O) groups excluding carboxylic acids is 2. The summed E-state index contributed by atoms with van der Waals surface area (Å²) in [6, 6.07) is 22.8. The Morgan fingerprint density at radius 3 is 2.38 bits per heavy atom. The van der Waals surface area contributed by atoms with Gasteiger partial charge in [-0.2, -0.15) is 0 Å². The number of ketones is 1. The Morgan fingerprint density at radius 2 is 1.65 bits per heavy atom. The predicted octanol–water partition coefficient (Wildman–Crippen LogP) is 5.46. The second kappa shape index (κ2) is 9.06. The van der Waals surface area contributed by atoms with Crippen LogP contribution in [0.5, 0.6) is 5.75 Å². The molecule has 0 spiro atoms. The number of methoxy groups -OCH3 is 2. The minimum Gasteiger partial charge on any atom is -0.497 e. The number of carbonyl (C=O) groups is 2. The van der Waals surface area contributed by atoms with Gasteiger partial charge < -0.3 is 20.1 Å². The normalized spacial score (nSPS) is 19.2. The smallest absolute Gasteiger partial charge is 0.337 e. The molecule has 34 heavy (non-hydrogen) atoms. The van der Waals surface area contributed by atoms with Crippen LogP contribution in [0.25, 0.3) is 0 Å². The molecule has 6 nitrogen and oxygen atoms in total. The molecule has 0 bridgehead atoms. The summed E-state index contributed by atoms with van der Waals surface area (Å²) in [4.78, 5) is 25.5. The van der Waals surface area contributed by atoms with Gasteiger partial charge in [-0.15, -0.1) is 0 Å². The molecular formula is C28H26N2O4. The van der Waals surface area contributed by atoms with Crippen molar-refractivity contribution in [3.63, 3.8) is 0 Å². The predicted molar refractivity (Wildman–Crippen MR) is 131 cm³/mol. The summed E-state index contributed by atoms with van der Waals surface area (Å²) in [6.45, 7) is 0. The maximum absolute atomic E-state index is 13.6. The fourth-order valence-corrected chi connectivity index (χ4v) is 4.80. The molecule has 172 valence electrons. The lowest BCUT2D eigenvalue weighted by atomic mass is 9.78. The number of rotatable bonds is 4. The summed E-state index contributed by atoms with van der Waals surface area (Å²) in [6.07, 6.45) is 1.13. The molecule has 3 aromatic rings. The Morgan fingerprint density at radius 1 is 0.882 bits per heavy atom. The van der Waals surface area contributed by atoms with E-state index in [4.69, 9.17) is 9.47 Å². The topological polar surface area (TPSA) is 76.7 Å². The molecule has 3 aromatic carbocycles. The van der Waals surface area contributed by atoms with Crippen molar-refractivity contribution in [3.8, 4) is 5.75 Å². The highest BCUT2D eigenvalue weighted by molar-refractivity contribution is 6.01. The van der Waals surface area contributed by atoms with E-state index in [9.17, 15) is 9.59 Å². The molecule has 0 aromatic heterocycles. The van der Waals surface area contributed by atoms with E-state index in [-0.39, 0.29) is 23.7 Å². The fraction of sp³-hybridized carbons (Fsp3) is 0.214. The number of nitrogens with one attached hydrogen (secondary N) is 2. The van der Waals surface area contributed by atoms with Crippen molar-refractivity contribution < 1.29 is 19.1 Å². The minimum absolute atomic E-state index is 0.0569. The molecule has 0 amide bonds. The van der Waals surface area contributed by atoms with Gasteiger partial charge >= 0.3 is 5.97 Å². The van der Waals surface area contributed by atoms with Crippen LogP contribution in [-0.2, 0) is 9.53 Å². The molecule has 0 unspecified atom stereocenters. The van der Waals surface area contributed by atoms with E-state index in [0.717, 1.165) is 39.5 Å². The van der Waals surface area contributed by atoms with Crippen molar-refractivity contribution in [1.82, 2.24) is 0 Å². The van der Waals surface area contributed by atoms with Crippen LogP contribution in [0.3, 0.4) is 0 Å². The van der Waals surface area contributed by atoms with E-state index in [0.29, 0.717) is 18.4 Å². The number of allylic oxidation sites excluding steroid dienone is 1. The first kappa shape index (κ1) is 21.8. The van der Waals surface area contributed by atoms with Gasteiger partial charge in [0.2, 0.25) is 0 Å². The van der Waals surface area contributed by atoms with E-state index in [1.165, 1.54) is 7.11 Å². The standard InChI is InChI=1S/C28H26N2O4/c1-33-21-7-5-6-19(14-21)20-15-24-26(25(31)16-20)27(30-23-9-4-3-8-22(23)29-24)17-10-12-18(13-11-17)28(32)34-2/h3-14,20,27,29-30H,15-16H2,1-2H3/t20-,27+/m0/s1. The SMILES string of the molecule is COC(=O)c1ccc([C@H]2Nc3ccccc3NC3=C2C(=O)C[C@@H](c2cccc(OC)c2)C3)cc1. The first-order valence-electron chi connectivity index (χ1n) is 11.3. The van der Waals surface area contributed by atoms with Gasteiger partial charge in [0.05, 0.1) is 37.2 Å². The molecule has 0 fully saturated rings. The highest BCUT2D eigenvalue weighted by atomic mass is 16.5. The molecule has 6 heteroatoms. The average molecular weight is 455 g/mol. The number of Topliss-reactive ketones (excluding diaryl/α,β-unsaturated/α-hetero) is 1. The largest absolute Gasteiger partial charge is 0.497 e. The molecule has 1 aliphatic heterocycles. The Bertz CT molecular complexity index is 1280. The zero-order valence-corrected chi connectivity index (χ0v) is 19.1. The number of fused-ring (bicyclic) bond motifs is 1. The first-order chi connectivity index (χ1) is 16.6. The monoisotopic (exact) mass is 454 g/mol. The first-order valence-corrected chi connectivity index (χ1v) is 11.3. The van der Waals surface area contributed by atoms with Crippen LogP contribution in [-0.4, -0.2) is 26.0 Å². The number of hydrogen-bond donors (Lipinski definition) is 2. The molecule has 0 saturated heterocycles. The van der Waals surface area contributed by atoms with E-state index in [1.54, 1.807) is 19.2 Å². The third-order valence-electron chi connectivity index (χ3n) is 6.54. The molecule has 1 heterocycles. The van der Waals surface area contributed by atoms with E-state index in [1.807, 2.05) is 54.6 Å². The lowest BCUT2D eigenvalue weighted by molar-refractivity contribution is -0.116. The quantitative estimate of drug-likeness (QED) is 0.510. The summed E-state index contributed by atoms with van der Waals surface area (Å²) >= 11 is 0. The highest BCUT2D eigenvalue weighted by Crippen LogP contribution is 2.44. The van der Waals surface area contributed by atoms with E-state index >= 15 is 0 Å². The van der Waals surface area contributed by atoms with Gasteiger partial charge in [0.1, 0.15) is 5.75 Å². The maximum atomic E-state index is 13.6. The summed E-state index contributed by atoms with van der Waals surface area (Å²) in [5.41, 5.74) is 5.98. The molecular weight excluding hydrogens is 428 g/mol. The molecule has 2 atom stereocenters. The number of esters is 1. The van der Waals surface area contributed by atoms with Crippen molar-refractivity contribution in [3.05, 3.63) is 101 Å². The molecule has 1 aliphatic carbocycles. The number of anilines is 2. The summed E-state index contributed by atoms with van der Waals surface area (Å²) < 4.78 is 10.2. The molecule has 2 aliphatic rings. The van der Waals surface area contributed by atoms with Crippen molar-refractivity contribution in [2.75, 3.05) is 24.9 Å². The Balaban J connectivity index is 1.56. The molecule has 5 rings (SSSR count). The summed E-state index contributed by atoms with van der Waals surface area (Å²) in [5.74, 6) is 0.557. The zero-order chi connectivity index (χ0) is 23.7. The summed E-state index contributed by atoms with van der Waals surface area (Å²) in [5, 5.41) is 7.11. The number of ether oxygens (including phenoxy) is 2. The van der Waals surface area contributed by atoms with Gasteiger partial charge in [0, 0.05) is 17.7 Å². The minimum atomic E-state index is -0.387. The van der Waals surface area contributed by atoms with Crippen molar-refractivity contribution in [2.24, 2.45) is 0 Å². The molecule has 2 N–H and O–H groups in total. The van der Waals surface area contributed by atoms with Crippen LogP contribution in [0.4, 0.5) is 11.4 Å². The number of hydrogen-bond acceptors (Lipinski definition) is 6. The van der Waals surface area contributed by atoms with Gasteiger partial charge in [-0.3, -0.25) is 4.79 Å². The molecule has 0 saturated carbocycles. The van der Waals surface area contributed by atoms with Crippen LogP contribution in [0, 0.1) is 0 Å². The Hall–Kier alpha value is -4.06. The maximum Gasteiger partial charge on any atom is 0.337 e. The van der Waals surface area contributed by atoms with Gasteiger partial charge in [-0.25, -0.2) is 4.79 Å². The molecule has 0 radical (unpaired) electrons. The Kier molecular flexibility index (Phi) is 5.80. The third-order valence-corrected chi connectivity index (χ3v) is 6.54. The van der Waals surface area contributed by atoms with Gasteiger partial charge in [0.15, 0.2) is 5.78 Å². The van der Waals surface area contributed by atoms with Crippen molar-refractivity contribution >= 4 is 23.1 Å². The van der Waals surface area contributed by atoms with E-state index < -0.39 is 0 Å².